The van der Waals surface area contributed by atoms with Gasteiger partial charge in [-0.2, -0.15) is 0 Å². The van der Waals surface area contributed by atoms with Crippen molar-refractivity contribution in [2.45, 2.75) is 12.8 Å². The molecule has 126 valence electrons. The number of rotatable bonds is 5. The molecule has 0 saturated heterocycles. The molecule has 2 aromatic carbocycles. The van der Waals surface area contributed by atoms with E-state index in [4.69, 9.17) is 11.6 Å². The maximum absolute atomic E-state index is 13.6. The van der Waals surface area contributed by atoms with E-state index in [-0.39, 0.29) is 12.3 Å². The van der Waals surface area contributed by atoms with Gasteiger partial charge < -0.3 is 5.32 Å². The number of anilines is 1. The first-order valence-electron chi connectivity index (χ1n) is 7.69. The van der Waals surface area contributed by atoms with Crippen molar-refractivity contribution in [2.75, 3.05) is 5.32 Å². The number of carbonyl (C=O) groups excluding carboxylic acids is 1. The number of nitrogens with zero attached hydrogens (tertiary/aromatic N) is 2. The fourth-order valence-corrected chi connectivity index (χ4v) is 2.63. The van der Waals surface area contributed by atoms with Crippen molar-refractivity contribution in [3.63, 3.8) is 0 Å². The third-order valence-electron chi connectivity index (χ3n) is 3.57. The Hall–Kier alpha value is -2.79. The Morgan fingerprint density at radius 1 is 1.08 bits per heavy atom. The summed E-state index contributed by atoms with van der Waals surface area (Å²) >= 11 is 5.98. The summed E-state index contributed by atoms with van der Waals surface area (Å²) in [5, 5.41) is 3.33. The molecule has 1 N–H and O–H groups in total. The quantitative estimate of drug-likeness (QED) is 0.751. The van der Waals surface area contributed by atoms with Gasteiger partial charge in [-0.25, -0.2) is 14.4 Å². The molecule has 0 fully saturated rings. The minimum atomic E-state index is -0.401. The molecule has 1 amide bonds. The molecule has 6 heteroatoms. The molecule has 0 saturated carbocycles. The SMILES string of the molecule is O=C(Cc1ccccc1F)Nc1cc(Cc2cccc(Cl)c2)ncn1. The maximum Gasteiger partial charge on any atom is 0.230 e. The Labute approximate surface area is 149 Å². The van der Waals surface area contributed by atoms with Gasteiger partial charge in [-0.1, -0.05) is 41.9 Å². The molecule has 0 atom stereocenters. The Bertz CT molecular complexity index is 901. The second-order valence-corrected chi connectivity index (χ2v) is 5.95. The number of aromatic nitrogens is 2. The van der Waals surface area contributed by atoms with Crippen LogP contribution in [0, 0.1) is 5.82 Å². The van der Waals surface area contributed by atoms with Crippen molar-refractivity contribution in [3.05, 3.63) is 88.6 Å². The fraction of sp³-hybridized carbons (Fsp3) is 0.105. The predicted octanol–water partition coefficient (Wildman–Crippen LogP) is 4.04. The summed E-state index contributed by atoms with van der Waals surface area (Å²) in [5.74, 6) is -0.354. The second-order valence-electron chi connectivity index (χ2n) is 5.52. The highest BCUT2D eigenvalue weighted by molar-refractivity contribution is 6.30. The number of hydrogen-bond acceptors (Lipinski definition) is 3. The number of benzene rings is 2. The lowest BCUT2D eigenvalue weighted by molar-refractivity contribution is -0.115. The minimum Gasteiger partial charge on any atom is -0.310 e. The lowest BCUT2D eigenvalue weighted by atomic mass is 10.1. The van der Waals surface area contributed by atoms with E-state index in [1.54, 1.807) is 30.3 Å². The molecule has 1 heterocycles. The number of nitrogens with one attached hydrogen (secondary N) is 1. The highest BCUT2D eigenvalue weighted by atomic mass is 35.5. The van der Waals surface area contributed by atoms with Crippen LogP contribution in [0.2, 0.25) is 5.02 Å². The molecule has 0 aliphatic rings. The van der Waals surface area contributed by atoms with E-state index in [9.17, 15) is 9.18 Å². The summed E-state index contributed by atoms with van der Waals surface area (Å²) in [5.41, 5.74) is 2.10. The Balaban J connectivity index is 1.67. The van der Waals surface area contributed by atoms with Gasteiger partial charge >= 0.3 is 0 Å². The van der Waals surface area contributed by atoms with Crippen molar-refractivity contribution in [1.29, 1.82) is 0 Å². The number of halogens is 2. The first-order chi connectivity index (χ1) is 12.1. The Kier molecular flexibility index (Phi) is 5.36. The molecule has 3 aromatic rings. The average molecular weight is 356 g/mol. The van der Waals surface area contributed by atoms with Crippen LogP contribution in [-0.4, -0.2) is 15.9 Å². The smallest absolute Gasteiger partial charge is 0.230 e. The van der Waals surface area contributed by atoms with Crippen LogP contribution in [0.5, 0.6) is 0 Å². The third kappa shape index (κ3) is 4.84. The van der Waals surface area contributed by atoms with E-state index in [2.05, 4.69) is 15.3 Å². The van der Waals surface area contributed by atoms with Crippen LogP contribution in [0.25, 0.3) is 0 Å². The van der Waals surface area contributed by atoms with Crippen LogP contribution in [-0.2, 0) is 17.6 Å². The Morgan fingerprint density at radius 3 is 2.72 bits per heavy atom. The molecule has 1 aromatic heterocycles. The van der Waals surface area contributed by atoms with E-state index in [0.29, 0.717) is 22.8 Å². The predicted molar refractivity (Wildman–Crippen MR) is 95.0 cm³/mol. The summed E-state index contributed by atoms with van der Waals surface area (Å²) in [7, 11) is 0. The summed E-state index contributed by atoms with van der Waals surface area (Å²) in [6, 6.07) is 15.4. The van der Waals surface area contributed by atoms with Gasteiger partial charge in [0.15, 0.2) is 0 Å². The molecule has 4 nitrogen and oxygen atoms in total. The molecule has 0 spiro atoms. The molecule has 3 rings (SSSR count). The summed E-state index contributed by atoms with van der Waals surface area (Å²) < 4.78 is 13.6. The van der Waals surface area contributed by atoms with E-state index in [0.717, 1.165) is 11.3 Å². The Morgan fingerprint density at radius 2 is 1.92 bits per heavy atom. The van der Waals surface area contributed by atoms with Gasteiger partial charge in [0.25, 0.3) is 0 Å². The lowest BCUT2D eigenvalue weighted by Crippen LogP contribution is -2.16. The van der Waals surface area contributed by atoms with Crippen LogP contribution >= 0.6 is 11.6 Å². The first-order valence-corrected chi connectivity index (χ1v) is 8.06. The van der Waals surface area contributed by atoms with Crippen LogP contribution in [0.4, 0.5) is 10.2 Å². The first kappa shape index (κ1) is 17.0. The molecule has 0 aliphatic carbocycles. The highest BCUT2D eigenvalue weighted by Crippen LogP contribution is 2.15. The number of amides is 1. The van der Waals surface area contributed by atoms with Crippen molar-refractivity contribution in [1.82, 2.24) is 9.97 Å². The fourth-order valence-electron chi connectivity index (χ4n) is 2.42. The molecule has 0 aliphatic heterocycles. The second kappa shape index (κ2) is 7.85. The summed E-state index contributed by atoms with van der Waals surface area (Å²) in [6.07, 6.45) is 1.90. The largest absolute Gasteiger partial charge is 0.310 e. The topological polar surface area (TPSA) is 54.9 Å². The number of hydrogen-bond donors (Lipinski definition) is 1. The third-order valence-corrected chi connectivity index (χ3v) is 3.81. The van der Waals surface area contributed by atoms with Crippen molar-refractivity contribution in [3.8, 4) is 0 Å². The zero-order valence-electron chi connectivity index (χ0n) is 13.2. The lowest BCUT2D eigenvalue weighted by Gasteiger charge is -2.07. The van der Waals surface area contributed by atoms with Crippen LogP contribution < -0.4 is 5.32 Å². The van der Waals surface area contributed by atoms with Gasteiger partial charge in [0, 0.05) is 17.5 Å². The zero-order valence-corrected chi connectivity index (χ0v) is 14.0. The van der Waals surface area contributed by atoms with Gasteiger partial charge in [-0.15, -0.1) is 0 Å². The van der Waals surface area contributed by atoms with E-state index in [1.807, 2.05) is 18.2 Å². The standard InChI is InChI=1S/C19H15ClFN3O/c20-15-6-3-4-13(8-15)9-16-11-18(23-12-22-16)24-19(25)10-14-5-1-2-7-17(14)21/h1-8,11-12H,9-10H2,(H,22,23,24,25). The van der Waals surface area contributed by atoms with Crippen molar-refractivity contribution in [2.24, 2.45) is 0 Å². The molecule has 25 heavy (non-hydrogen) atoms. The zero-order chi connectivity index (χ0) is 17.6. The van der Waals surface area contributed by atoms with Crippen LogP contribution in [0.15, 0.2) is 60.9 Å². The van der Waals surface area contributed by atoms with Crippen LogP contribution in [0.1, 0.15) is 16.8 Å². The van der Waals surface area contributed by atoms with Crippen LogP contribution in [0.3, 0.4) is 0 Å². The maximum atomic E-state index is 13.6. The van der Waals surface area contributed by atoms with Gasteiger partial charge in [-0.05, 0) is 29.3 Å². The monoisotopic (exact) mass is 355 g/mol. The molecule has 0 radical (unpaired) electrons. The number of carbonyl (C=O) groups is 1. The average Bonchev–Trinajstić information content (AvgIpc) is 2.57. The molecular formula is C19H15ClFN3O. The highest BCUT2D eigenvalue weighted by Gasteiger charge is 2.09. The molecule has 0 unspecified atom stereocenters. The van der Waals surface area contributed by atoms with Gasteiger partial charge in [0.2, 0.25) is 5.91 Å². The molecular weight excluding hydrogens is 341 g/mol. The van der Waals surface area contributed by atoms with Gasteiger partial charge in [0.05, 0.1) is 12.1 Å². The van der Waals surface area contributed by atoms with E-state index in [1.165, 1.54) is 12.4 Å². The summed E-state index contributed by atoms with van der Waals surface area (Å²) in [6.45, 7) is 0. The van der Waals surface area contributed by atoms with E-state index < -0.39 is 5.82 Å². The normalized spacial score (nSPS) is 10.5. The minimum absolute atomic E-state index is 0.0553. The van der Waals surface area contributed by atoms with Crippen molar-refractivity contribution >= 4 is 23.3 Å². The van der Waals surface area contributed by atoms with Gasteiger partial charge in [-0.3, -0.25) is 4.79 Å². The van der Waals surface area contributed by atoms with E-state index >= 15 is 0 Å². The van der Waals surface area contributed by atoms with Gasteiger partial charge in [0.1, 0.15) is 18.0 Å². The summed E-state index contributed by atoms with van der Waals surface area (Å²) in [4.78, 5) is 20.3. The van der Waals surface area contributed by atoms with Crippen molar-refractivity contribution < 1.29 is 9.18 Å². The molecule has 0 bridgehead atoms.